The van der Waals surface area contributed by atoms with Crippen LogP contribution < -0.4 is 5.32 Å². The van der Waals surface area contributed by atoms with Crippen LogP contribution in [-0.4, -0.2) is 14.7 Å². The molecule has 0 saturated carbocycles. The van der Waals surface area contributed by atoms with Gasteiger partial charge in [0.25, 0.3) is 0 Å². The van der Waals surface area contributed by atoms with Crippen LogP contribution in [0.5, 0.6) is 0 Å². The quantitative estimate of drug-likeness (QED) is 0.879. The summed E-state index contributed by atoms with van der Waals surface area (Å²) >= 11 is 6.00. The highest BCUT2D eigenvalue weighted by atomic mass is 35.5. The largest absolute Gasteiger partial charge is 0.379 e. The van der Waals surface area contributed by atoms with Crippen LogP contribution >= 0.6 is 11.6 Å². The van der Waals surface area contributed by atoms with Crippen molar-refractivity contribution in [3.05, 3.63) is 58.9 Å². The Hall–Kier alpha value is -1.59. The van der Waals surface area contributed by atoms with Crippen molar-refractivity contribution in [3.63, 3.8) is 0 Å². The third kappa shape index (κ3) is 3.49. The fraction of sp³-hybridized carbons (Fsp3) is 0.143. The average molecular weight is 314 g/mol. The molecule has 3 nitrogen and oxygen atoms in total. The first-order chi connectivity index (χ1) is 9.38. The van der Waals surface area contributed by atoms with Gasteiger partial charge in [0, 0.05) is 17.8 Å². The van der Waals surface area contributed by atoms with Crippen molar-refractivity contribution in [2.75, 3.05) is 11.6 Å². The van der Waals surface area contributed by atoms with E-state index in [-0.39, 0.29) is 10.6 Å². The highest BCUT2D eigenvalue weighted by Crippen LogP contribution is 2.22. The molecule has 2 aromatic carbocycles. The molecule has 1 N–H and O–H groups in total. The van der Waals surface area contributed by atoms with Crippen LogP contribution in [0.4, 0.5) is 10.1 Å². The summed E-state index contributed by atoms with van der Waals surface area (Å²) in [5.41, 5.74) is 0.936. The number of rotatable bonds is 4. The van der Waals surface area contributed by atoms with E-state index in [1.54, 1.807) is 12.1 Å². The third-order valence-electron chi connectivity index (χ3n) is 2.79. The highest BCUT2D eigenvalue weighted by Gasteiger charge is 2.11. The molecule has 0 saturated heterocycles. The summed E-state index contributed by atoms with van der Waals surface area (Å²) in [4.78, 5) is 0.0700. The zero-order valence-corrected chi connectivity index (χ0v) is 12.3. The van der Waals surface area contributed by atoms with Crippen molar-refractivity contribution in [1.82, 2.24) is 0 Å². The van der Waals surface area contributed by atoms with E-state index in [1.807, 2.05) is 12.1 Å². The number of hydrogen-bond donors (Lipinski definition) is 1. The van der Waals surface area contributed by atoms with E-state index in [2.05, 4.69) is 5.32 Å². The van der Waals surface area contributed by atoms with Gasteiger partial charge in [-0.25, -0.2) is 12.8 Å². The van der Waals surface area contributed by atoms with E-state index < -0.39 is 15.7 Å². The van der Waals surface area contributed by atoms with Gasteiger partial charge in [0.2, 0.25) is 0 Å². The molecule has 2 rings (SSSR count). The van der Waals surface area contributed by atoms with Gasteiger partial charge >= 0.3 is 0 Å². The lowest BCUT2D eigenvalue weighted by atomic mass is 10.2. The first-order valence-electron chi connectivity index (χ1n) is 5.85. The van der Waals surface area contributed by atoms with Crippen LogP contribution in [0.3, 0.4) is 0 Å². The molecule has 20 heavy (non-hydrogen) atoms. The summed E-state index contributed by atoms with van der Waals surface area (Å²) in [5, 5.41) is 3.43. The Kier molecular flexibility index (Phi) is 4.30. The Labute approximate surface area is 122 Å². The minimum Gasteiger partial charge on any atom is -0.379 e. The van der Waals surface area contributed by atoms with Crippen LogP contribution in [0.15, 0.2) is 47.4 Å². The molecule has 106 valence electrons. The van der Waals surface area contributed by atoms with Crippen LogP contribution in [0.1, 0.15) is 5.56 Å². The molecule has 0 bridgehead atoms. The Morgan fingerprint density at radius 1 is 1.20 bits per heavy atom. The minimum atomic E-state index is -3.37. The topological polar surface area (TPSA) is 46.2 Å². The summed E-state index contributed by atoms with van der Waals surface area (Å²) in [5.74, 6) is -0.510. The average Bonchev–Trinajstić information content (AvgIpc) is 2.38. The van der Waals surface area contributed by atoms with Gasteiger partial charge < -0.3 is 5.32 Å². The molecule has 0 unspecified atom stereocenters. The first-order valence-corrected chi connectivity index (χ1v) is 8.12. The number of hydrogen-bond acceptors (Lipinski definition) is 3. The predicted molar refractivity (Wildman–Crippen MR) is 78.3 cm³/mol. The second-order valence-electron chi connectivity index (χ2n) is 4.36. The standard InChI is InChI=1S/C14H13ClFNO2S/c1-20(18,19)11-6-7-13(16)14(8-11)17-9-10-4-2-3-5-12(10)15/h2-8,17H,9H2,1H3. The summed E-state index contributed by atoms with van der Waals surface area (Å²) in [7, 11) is -3.37. The SMILES string of the molecule is CS(=O)(=O)c1ccc(F)c(NCc2ccccc2Cl)c1. The third-order valence-corrected chi connectivity index (χ3v) is 4.27. The number of nitrogens with one attached hydrogen (secondary N) is 1. The lowest BCUT2D eigenvalue weighted by Crippen LogP contribution is -2.04. The van der Waals surface area contributed by atoms with Gasteiger partial charge in [-0.15, -0.1) is 0 Å². The van der Waals surface area contributed by atoms with Crippen molar-refractivity contribution in [2.24, 2.45) is 0 Å². The van der Waals surface area contributed by atoms with Gasteiger partial charge in [-0.1, -0.05) is 29.8 Å². The molecule has 0 amide bonds. The molecule has 2 aromatic rings. The Balaban J connectivity index is 2.24. The first kappa shape index (κ1) is 14.8. The monoisotopic (exact) mass is 313 g/mol. The molecular weight excluding hydrogens is 301 g/mol. The Morgan fingerprint density at radius 3 is 2.55 bits per heavy atom. The molecule has 0 spiro atoms. The highest BCUT2D eigenvalue weighted by molar-refractivity contribution is 7.90. The molecule has 0 aliphatic heterocycles. The second kappa shape index (κ2) is 5.81. The molecule has 0 aliphatic rings. The fourth-order valence-electron chi connectivity index (χ4n) is 1.70. The maximum atomic E-state index is 13.7. The van der Waals surface area contributed by atoms with Gasteiger partial charge in [0.15, 0.2) is 9.84 Å². The maximum Gasteiger partial charge on any atom is 0.175 e. The molecule has 0 aromatic heterocycles. The minimum absolute atomic E-state index is 0.0700. The predicted octanol–water partition coefficient (Wildman–Crippen LogP) is 3.49. The van der Waals surface area contributed by atoms with Crippen molar-refractivity contribution in [1.29, 1.82) is 0 Å². The van der Waals surface area contributed by atoms with Gasteiger partial charge in [-0.2, -0.15) is 0 Å². The van der Waals surface area contributed by atoms with Crippen molar-refractivity contribution >= 4 is 27.1 Å². The zero-order chi connectivity index (χ0) is 14.8. The van der Waals surface area contributed by atoms with E-state index in [0.29, 0.717) is 11.6 Å². The number of halogens is 2. The van der Waals surface area contributed by atoms with Gasteiger partial charge in [-0.05, 0) is 29.8 Å². The summed E-state index contributed by atoms with van der Waals surface area (Å²) < 4.78 is 36.6. The smallest absolute Gasteiger partial charge is 0.175 e. The van der Waals surface area contributed by atoms with E-state index in [9.17, 15) is 12.8 Å². The van der Waals surface area contributed by atoms with Crippen LogP contribution in [0.25, 0.3) is 0 Å². The summed E-state index contributed by atoms with van der Waals surface area (Å²) in [6, 6.07) is 10.8. The molecule has 6 heteroatoms. The van der Waals surface area contributed by atoms with Crippen LogP contribution in [-0.2, 0) is 16.4 Å². The van der Waals surface area contributed by atoms with Gasteiger partial charge in [-0.3, -0.25) is 0 Å². The Bertz CT molecular complexity index is 732. The molecular formula is C14H13ClFNO2S. The van der Waals surface area contributed by atoms with Crippen molar-refractivity contribution in [2.45, 2.75) is 11.4 Å². The van der Waals surface area contributed by atoms with Gasteiger partial charge in [0.1, 0.15) is 5.82 Å². The number of sulfone groups is 1. The summed E-state index contributed by atoms with van der Waals surface area (Å²) in [6.45, 7) is 0.309. The number of benzene rings is 2. The van der Waals surface area contributed by atoms with Crippen LogP contribution in [0.2, 0.25) is 5.02 Å². The molecule has 0 atom stereocenters. The van der Waals surface area contributed by atoms with Crippen molar-refractivity contribution in [3.8, 4) is 0 Å². The molecule has 0 aliphatic carbocycles. The Morgan fingerprint density at radius 2 is 1.90 bits per heavy atom. The fourth-order valence-corrected chi connectivity index (χ4v) is 2.55. The zero-order valence-electron chi connectivity index (χ0n) is 10.7. The van der Waals surface area contributed by atoms with Crippen molar-refractivity contribution < 1.29 is 12.8 Å². The normalized spacial score (nSPS) is 11.3. The van der Waals surface area contributed by atoms with E-state index in [4.69, 9.17) is 11.6 Å². The van der Waals surface area contributed by atoms with Crippen LogP contribution in [0, 0.1) is 5.82 Å². The molecule has 0 fully saturated rings. The second-order valence-corrected chi connectivity index (χ2v) is 6.78. The van der Waals surface area contributed by atoms with Gasteiger partial charge in [0.05, 0.1) is 10.6 Å². The molecule has 0 radical (unpaired) electrons. The van der Waals surface area contributed by atoms with E-state index >= 15 is 0 Å². The van der Waals surface area contributed by atoms with E-state index in [0.717, 1.165) is 17.9 Å². The lowest BCUT2D eigenvalue weighted by molar-refractivity contribution is 0.600. The summed E-state index contributed by atoms with van der Waals surface area (Å²) in [6.07, 6.45) is 1.08. The number of anilines is 1. The van der Waals surface area contributed by atoms with E-state index in [1.165, 1.54) is 12.1 Å². The lowest BCUT2D eigenvalue weighted by Gasteiger charge is -2.10. The maximum absolute atomic E-state index is 13.7. The molecule has 0 heterocycles.